The summed E-state index contributed by atoms with van der Waals surface area (Å²) in [6.45, 7) is 0.424. The molecule has 0 bridgehead atoms. The Morgan fingerprint density at radius 2 is 2.04 bits per heavy atom. The van der Waals surface area contributed by atoms with E-state index in [9.17, 15) is 5.11 Å². The number of alkyl halides is 1. The Labute approximate surface area is 139 Å². The fourth-order valence-corrected chi connectivity index (χ4v) is 2.40. The molecule has 0 amide bonds. The van der Waals surface area contributed by atoms with Crippen LogP contribution in [0.4, 0.5) is 5.69 Å². The fourth-order valence-electron chi connectivity index (χ4n) is 2.29. The van der Waals surface area contributed by atoms with Gasteiger partial charge in [-0.25, -0.2) is 4.98 Å². The van der Waals surface area contributed by atoms with Crippen molar-refractivity contribution in [1.29, 1.82) is 0 Å². The molecule has 0 spiro atoms. The molecule has 1 aromatic heterocycles. The normalized spacial score (nSPS) is 12.3. The molecule has 120 valence electrons. The SMILES string of the molecule is COc1ccc2nc(-c3ccc(NCC(O)CCl)cc3)[nH]c2c1. The van der Waals surface area contributed by atoms with Crippen molar-refractivity contribution < 1.29 is 9.84 Å². The molecule has 0 aliphatic carbocycles. The van der Waals surface area contributed by atoms with Crippen LogP contribution in [0.1, 0.15) is 0 Å². The Bertz CT molecular complexity index is 786. The molecule has 1 atom stereocenters. The summed E-state index contributed by atoms with van der Waals surface area (Å²) in [5, 5.41) is 12.6. The second-order valence-corrected chi connectivity index (χ2v) is 5.54. The van der Waals surface area contributed by atoms with Gasteiger partial charge in [-0.05, 0) is 36.4 Å². The zero-order valence-electron chi connectivity index (χ0n) is 12.7. The van der Waals surface area contributed by atoms with Crippen LogP contribution in [-0.4, -0.2) is 40.7 Å². The Morgan fingerprint density at radius 1 is 1.26 bits per heavy atom. The molecule has 0 radical (unpaired) electrons. The smallest absolute Gasteiger partial charge is 0.138 e. The van der Waals surface area contributed by atoms with Crippen molar-refractivity contribution >= 4 is 28.3 Å². The van der Waals surface area contributed by atoms with E-state index in [1.165, 1.54) is 0 Å². The molecule has 1 heterocycles. The van der Waals surface area contributed by atoms with Gasteiger partial charge in [0.2, 0.25) is 0 Å². The predicted octanol–water partition coefficient (Wildman–Crippen LogP) is 3.25. The van der Waals surface area contributed by atoms with Gasteiger partial charge < -0.3 is 20.1 Å². The number of aliphatic hydroxyl groups is 1. The molecule has 5 nitrogen and oxygen atoms in total. The maximum atomic E-state index is 9.46. The average molecular weight is 332 g/mol. The number of H-pyrrole nitrogens is 1. The van der Waals surface area contributed by atoms with Gasteiger partial charge in [0.05, 0.1) is 30.1 Å². The molecule has 3 rings (SSSR count). The van der Waals surface area contributed by atoms with Crippen LogP contribution in [-0.2, 0) is 0 Å². The molecular weight excluding hydrogens is 314 g/mol. The zero-order chi connectivity index (χ0) is 16.2. The average Bonchev–Trinajstić information content (AvgIpc) is 3.03. The van der Waals surface area contributed by atoms with E-state index >= 15 is 0 Å². The molecule has 6 heteroatoms. The van der Waals surface area contributed by atoms with E-state index < -0.39 is 6.10 Å². The van der Waals surface area contributed by atoms with Gasteiger partial charge in [-0.1, -0.05) is 0 Å². The fraction of sp³-hybridized carbons (Fsp3) is 0.235. The number of hydrogen-bond donors (Lipinski definition) is 3. The zero-order valence-corrected chi connectivity index (χ0v) is 13.5. The quantitative estimate of drug-likeness (QED) is 0.606. The molecule has 23 heavy (non-hydrogen) atoms. The minimum Gasteiger partial charge on any atom is -0.497 e. The van der Waals surface area contributed by atoms with Gasteiger partial charge in [0, 0.05) is 23.9 Å². The third kappa shape index (κ3) is 3.57. The lowest BCUT2D eigenvalue weighted by molar-refractivity contribution is 0.211. The predicted molar refractivity (Wildman–Crippen MR) is 93.3 cm³/mol. The van der Waals surface area contributed by atoms with Crippen molar-refractivity contribution in [3.63, 3.8) is 0 Å². The van der Waals surface area contributed by atoms with E-state index in [1.807, 2.05) is 42.5 Å². The van der Waals surface area contributed by atoms with E-state index in [0.29, 0.717) is 6.54 Å². The van der Waals surface area contributed by atoms with Gasteiger partial charge in [0.15, 0.2) is 0 Å². The first kappa shape index (κ1) is 15.6. The first-order chi connectivity index (χ1) is 11.2. The van der Waals surface area contributed by atoms with Crippen molar-refractivity contribution in [3.05, 3.63) is 42.5 Å². The lowest BCUT2D eigenvalue weighted by Crippen LogP contribution is -2.20. The van der Waals surface area contributed by atoms with Gasteiger partial charge >= 0.3 is 0 Å². The first-order valence-corrected chi connectivity index (χ1v) is 7.85. The number of nitrogens with zero attached hydrogens (tertiary/aromatic N) is 1. The minimum atomic E-state index is -0.554. The molecule has 0 saturated heterocycles. The van der Waals surface area contributed by atoms with Crippen molar-refractivity contribution in [2.45, 2.75) is 6.10 Å². The van der Waals surface area contributed by atoms with Crippen LogP contribution in [0.5, 0.6) is 5.75 Å². The number of hydrogen-bond acceptors (Lipinski definition) is 4. The first-order valence-electron chi connectivity index (χ1n) is 7.31. The number of aromatic nitrogens is 2. The number of ether oxygens (including phenoxy) is 1. The summed E-state index contributed by atoms with van der Waals surface area (Å²) in [7, 11) is 1.64. The topological polar surface area (TPSA) is 70.2 Å². The molecule has 0 aliphatic rings. The summed E-state index contributed by atoms with van der Waals surface area (Å²) in [6.07, 6.45) is -0.554. The molecule has 0 fully saturated rings. The van der Waals surface area contributed by atoms with E-state index in [4.69, 9.17) is 16.3 Å². The Balaban J connectivity index is 1.79. The standard InChI is InChI=1S/C17H18ClN3O2/c1-23-14-6-7-15-16(8-14)21-17(20-15)11-2-4-12(5-3-11)19-10-13(22)9-18/h2-8,13,19,22H,9-10H2,1H3,(H,20,21). The number of fused-ring (bicyclic) bond motifs is 1. The molecular formula is C17H18ClN3O2. The van der Waals surface area contributed by atoms with Crippen LogP contribution in [0.15, 0.2) is 42.5 Å². The number of imidazole rings is 1. The van der Waals surface area contributed by atoms with E-state index in [1.54, 1.807) is 7.11 Å². The van der Waals surface area contributed by atoms with Crippen LogP contribution < -0.4 is 10.1 Å². The van der Waals surface area contributed by atoms with Gasteiger partial charge in [-0.15, -0.1) is 11.6 Å². The Kier molecular flexibility index (Phi) is 4.69. The third-order valence-electron chi connectivity index (χ3n) is 3.57. The highest BCUT2D eigenvalue weighted by atomic mass is 35.5. The highest BCUT2D eigenvalue weighted by molar-refractivity contribution is 6.18. The summed E-state index contributed by atoms with van der Waals surface area (Å²) < 4.78 is 5.22. The number of benzene rings is 2. The highest BCUT2D eigenvalue weighted by Gasteiger charge is 2.07. The number of methoxy groups -OCH3 is 1. The molecule has 1 unspecified atom stereocenters. The van der Waals surface area contributed by atoms with Gasteiger partial charge in [0.1, 0.15) is 11.6 Å². The second-order valence-electron chi connectivity index (χ2n) is 5.23. The lowest BCUT2D eigenvalue weighted by atomic mass is 10.2. The van der Waals surface area contributed by atoms with Crippen molar-refractivity contribution in [2.24, 2.45) is 0 Å². The summed E-state index contributed by atoms with van der Waals surface area (Å²) in [5.41, 5.74) is 3.75. The Morgan fingerprint density at radius 3 is 2.74 bits per heavy atom. The molecule has 3 N–H and O–H groups in total. The number of rotatable bonds is 6. The minimum absolute atomic E-state index is 0.216. The van der Waals surface area contributed by atoms with Crippen LogP contribution >= 0.6 is 11.6 Å². The van der Waals surface area contributed by atoms with Crippen LogP contribution in [0, 0.1) is 0 Å². The van der Waals surface area contributed by atoms with Gasteiger partial charge in [-0.3, -0.25) is 0 Å². The van der Waals surface area contributed by atoms with Crippen molar-refractivity contribution in [3.8, 4) is 17.1 Å². The second kappa shape index (κ2) is 6.89. The maximum Gasteiger partial charge on any atom is 0.138 e. The summed E-state index contributed by atoms with van der Waals surface area (Å²) >= 11 is 5.57. The van der Waals surface area contributed by atoms with E-state index in [2.05, 4.69) is 15.3 Å². The van der Waals surface area contributed by atoms with E-state index in [0.717, 1.165) is 33.9 Å². The highest BCUT2D eigenvalue weighted by Crippen LogP contribution is 2.24. The van der Waals surface area contributed by atoms with Gasteiger partial charge in [0.25, 0.3) is 0 Å². The van der Waals surface area contributed by atoms with E-state index in [-0.39, 0.29) is 5.88 Å². The third-order valence-corrected chi connectivity index (χ3v) is 3.92. The van der Waals surface area contributed by atoms with Crippen LogP contribution in [0.2, 0.25) is 0 Å². The number of halogens is 1. The number of nitrogens with one attached hydrogen (secondary N) is 2. The summed E-state index contributed by atoms with van der Waals surface area (Å²) in [4.78, 5) is 7.88. The molecule has 2 aromatic carbocycles. The molecule has 0 saturated carbocycles. The maximum absolute atomic E-state index is 9.46. The monoisotopic (exact) mass is 331 g/mol. The number of anilines is 1. The molecule has 0 aliphatic heterocycles. The summed E-state index contributed by atoms with van der Waals surface area (Å²) in [6, 6.07) is 13.6. The van der Waals surface area contributed by atoms with Crippen molar-refractivity contribution in [1.82, 2.24) is 9.97 Å². The Hall–Kier alpha value is -2.24. The lowest BCUT2D eigenvalue weighted by Gasteiger charge is -2.10. The van der Waals surface area contributed by atoms with Gasteiger partial charge in [-0.2, -0.15) is 0 Å². The van der Waals surface area contributed by atoms with Crippen LogP contribution in [0.3, 0.4) is 0 Å². The molecule has 3 aromatic rings. The van der Waals surface area contributed by atoms with Crippen LogP contribution in [0.25, 0.3) is 22.4 Å². The van der Waals surface area contributed by atoms with Crippen molar-refractivity contribution in [2.75, 3.05) is 24.9 Å². The summed E-state index contributed by atoms with van der Waals surface area (Å²) in [5.74, 6) is 1.82. The number of aromatic amines is 1. The largest absolute Gasteiger partial charge is 0.497 e. The number of aliphatic hydroxyl groups excluding tert-OH is 1.